The fraction of sp³-hybridized carbons (Fsp3) is 0.939. The van der Waals surface area contributed by atoms with Gasteiger partial charge < -0.3 is 33.8 Å². The molecule has 0 amide bonds. The first-order valence-corrected chi connectivity index (χ1v) is 37.5. The Bertz CT molecular complexity index is 1670. The summed E-state index contributed by atoms with van der Waals surface area (Å²) in [5, 5.41) is 10.5. The quantitative estimate of drug-likeness (QED) is 0.0222. The van der Waals surface area contributed by atoms with Crippen LogP contribution in [0.4, 0.5) is 0 Å². The first-order chi connectivity index (χ1) is 40.9. The second-order valence-corrected chi connectivity index (χ2v) is 27.7. The zero-order chi connectivity index (χ0) is 62.9. The van der Waals surface area contributed by atoms with Crippen LogP contribution in [0.5, 0.6) is 0 Å². The Hall–Kier alpha value is -1.94. The third-order valence-electron chi connectivity index (χ3n) is 15.2. The van der Waals surface area contributed by atoms with Crippen LogP contribution in [0.1, 0.15) is 330 Å². The summed E-state index contributed by atoms with van der Waals surface area (Å²) in [7, 11) is -9.88. The van der Waals surface area contributed by atoms with Gasteiger partial charge in [-0.1, -0.05) is 279 Å². The largest absolute Gasteiger partial charge is 0.472 e. The van der Waals surface area contributed by atoms with Gasteiger partial charge in [0, 0.05) is 25.7 Å². The number of hydrogen-bond donors (Lipinski definition) is 3. The second kappa shape index (κ2) is 58.4. The Morgan fingerprint density at radius 2 is 0.541 bits per heavy atom. The molecule has 0 spiro atoms. The highest BCUT2D eigenvalue weighted by Gasteiger charge is 2.30. The van der Waals surface area contributed by atoms with E-state index in [1.54, 1.807) is 0 Å². The molecule has 3 N–H and O–H groups in total. The van der Waals surface area contributed by atoms with E-state index < -0.39 is 97.5 Å². The topological polar surface area (TPSA) is 237 Å². The predicted octanol–water partition coefficient (Wildman–Crippen LogP) is 18.4. The number of phosphoric ester groups is 2. The number of aliphatic hydroxyl groups excluding tert-OH is 1. The Kier molecular flexibility index (Phi) is 57.1. The minimum atomic E-state index is -4.95. The Balaban J connectivity index is 5.17. The third kappa shape index (κ3) is 60.7. The van der Waals surface area contributed by atoms with Gasteiger partial charge in [-0.2, -0.15) is 0 Å². The van der Waals surface area contributed by atoms with E-state index in [1.165, 1.54) is 141 Å². The van der Waals surface area contributed by atoms with E-state index in [9.17, 15) is 43.2 Å². The van der Waals surface area contributed by atoms with E-state index in [4.69, 9.17) is 37.0 Å². The summed E-state index contributed by atoms with van der Waals surface area (Å²) in [4.78, 5) is 72.1. The van der Waals surface area contributed by atoms with Gasteiger partial charge in [-0.05, 0) is 37.5 Å². The van der Waals surface area contributed by atoms with Crippen molar-refractivity contribution < 1.29 is 80.2 Å². The normalized spacial score (nSPS) is 14.2. The molecule has 19 heteroatoms. The Morgan fingerprint density at radius 1 is 0.318 bits per heavy atom. The van der Waals surface area contributed by atoms with E-state index in [-0.39, 0.29) is 25.7 Å². The van der Waals surface area contributed by atoms with Crippen molar-refractivity contribution in [2.24, 2.45) is 11.8 Å². The maximum atomic E-state index is 13.0. The maximum absolute atomic E-state index is 13.0. The van der Waals surface area contributed by atoms with E-state index in [0.29, 0.717) is 31.6 Å². The van der Waals surface area contributed by atoms with Crippen LogP contribution in [0.25, 0.3) is 0 Å². The number of hydrogen-bond acceptors (Lipinski definition) is 15. The lowest BCUT2D eigenvalue weighted by atomic mass is 10.0. The molecule has 0 bridgehead atoms. The minimum absolute atomic E-state index is 0.102. The van der Waals surface area contributed by atoms with Gasteiger partial charge in [0.2, 0.25) is 0 Å². The summed E-state index contributed by atoms with van der Waals surface area (Å²) in [6, 6.07) is 0. The molecule has 2 unspecified atom stereocenters. The molecule has 0 aliphatic heterocycles. The molecule has 504 valence electrons. The number of carbonyl (C=O) groups excluding carboxylic acids is 4. The number of unbranched alkanes of at least 4 members (excludes halogenated alkanes) is 35. The van der Waals surface area contributed by atoms with Gasteiger partial charge in [0.1, 0.15) is 19.3 Å². The van der Waals surface area contributed by atoms with Crippen LogP contribution in [0.2, 0.25) is 0 Å². The van der Waals surface area contributed by atoms with Crippen LogP contribution in [0.15, 0.2) is 0 Å². The first-order valence-electron chi connectivity index (χ1n) is 34.5. The average Bonchev–Trinajstić information content (AvgIpc) is 3.55. The van der Waals surface area contributed by atoms with Gasteiger partial charge in [-0.3, -0.25) is 37.3 Å². The molecule has 0 saturated carbocycles. The van der Waals surface area contributed by atoms with Crippen molar-refractivity contribution in [3.8, 4) is 0 Å². The third-order valence-corrected chi connectivity index (χ3v) is 17.1. The lowest BCUT2D eigenvalue weighted by molar-refractivity contribution is -0.161. The molecular weight excluding hydrogens is 1130 g/mol. The van der Waals surface area contributed by atoms with Crippen molar-refractivity contribution in [1.29, 1.82) is 0 Å². The lowest BCUT2D eigenvalue weighted by Crippen LogP contribution is -2.30. The van der Waals surface area contributed by atoms with Crippen molar-refractivity contribution in [1.82, 2.24) is 0 Å². The van der Waals surface area contributed by atoms with E-state index >= 15 is 0 Å². The standard InChI is InChI=1S/C66H128O17P2/c1-7-9-11-13-14-15-16-17-20-23-26-31-37-43-49-64(69)77-55-62(83-65(70)50-44-38-32-27-24-21-18-19-22-25-29-35-40-46-58(3)4)57-81-85(74,75)79-53-60(67)52-78-84(72,73)80-56-61(54-76-63(68)48-42-34-12-10-8-2)82-66(71)51-45-39-33-28-30-36-41-47-59(5)6/h58-62,67H,7-57H2,1-6H3,(H,72,73)(H,74,75)/t60-,61+,62+/m0/s1. The molecule has 0 fully saturated rings. The van der Waals surface area contributed by atoms with Crippen LogP contribution in [0.3, 0.4) is 0 Å². The van der Waals surface area contributed by atoms with Gasteiger partial charge in [0.15, 0.2) is 12.2 Å². The van der Waals surface area contributed by atoms with Crippen molar-refractivity contribution in [3.05, 3.63) is 0 Å². The number of rotatable bonds is 65. The highest BCUT2D eigenvalue weighted by atomic mass is 31.2. The molecule has 0 heterocycles. The smallest absolute Gasteiger partial charge is 0.462 e. The summed E-state index contributed by atoms with van der Waals surface area (Å²) >= 11 is 0. The van der Waals surface area contributed by atoms with E-state index in [1.807, 2.05) is 0 Å². The molecule has 0 aliphatic rings. The zero-order valence-corrected chi connectivity index (χ0v) is 56.7. The van der Waals surface area contributed by atoms with Crippen molar-refractivity contribution in [3.63, 3.8) is 0 Å². The highest BCUT2D eigenvalue weighted by molar-refractivity contribution is 7.47. The summed E-state index contributed by atoms with van der Waals surface area (Å²) < 4.78 is 67.9. The number of aliphatic hydroxyl groups is 1. The monoisotopic (exact) mass is 1250 g/mol. The molecule has 0 saturated heterocycles. The van der Waals surface area contributed by atoms with Crippen molar-refractivity contribution in [2.45, 2.75) is 349 Å². The maximum Gasteiger partial charge on any atom is 0.472 e. The first kappa shape index (κ1) is 83.1. The number of esters is 4. The van der Waals surface area contributed by atoms with Crippen LogP contribution in [-0.4, -0.2) is 96.7 Å². The highest BCUT2D eigenvalue weighted by Crippen LogP contribution is 2.45. The fourth-order valence-corrected chi connectivity index (χ4v) is 11.5. The molecule has 0 aromatic rings. The van der Waals surface area contributed by atoms with Gasteiger partial charge in [-0.25, -0.2) is 9.13 Å². The Labute approximate surface area is 517 Å². The van der Waals surface area contributed by atoms with Crippen LogP contribution in [-0.2, 0) is 65.4 Å². The van der Waals surface area contributed by atoms with Crippen LogP contribution in [0, 0.1) is 11.8 Å². The van der Waals surface area contributed by atoms with Gasteiger partial charge in [0.05, 0.1) is 26.4 Å². The summed E-state index contributed by atoms with van der Waals surface area (Å²) in [6.07, 6.45) is 42.1. The summed E-state index contributed by atoms with van der Waals surface area (Å²) in [6.45, 7) is 9.38. The van der Waals surface area contributed by atoms with Crippen LogP contribution < -0.4 is 0 Å². The molecule has 17 nitrogen and oxygen atoms in total. The van der Waals surface area contributed by atoms with Crippen molar-refractivity contribution in [2.75, 3.05) is 39.6 Å². The van der Waals surface area contributed by atoms with Gasteiger partial charge >= 0.3 is 39.5 Å². The average molecular weight is 1260 g/mol. The number of carbonyl (C=O) groups is 4. The summed E-state index contributed by atoms with van der Waals surface area (Å²) in [5.41, 5.74) is 0. The lowest BCUT2D eigenvalue weighted by Gasteiger charge is -2.21. The number of phosphoric acid groups is 2. The molecule has 0 aliphatic carbocycles. The minimum Gasteiger partial charge on any atom is -0.462 e. The van der Waals surface area contributed by atoms with Crippen molar-refractivity contribution >= 4 is 39.5 Å². The summed E-state index contributed by atoms with van der Waals surface area (Å²) in [5.74, 6) is -0.659. The molecular formula is C66H128O17P2. The SMILES string of the molecule is CCCCCCCCCCCCCCCCC(=O)OC[C@H](COP(=O)(O)OC[C@@H](O)COP(=O)(O)OC[C@@H](COC(=O)CCCCCCC)OC(=O)CCCCCCCCCC(C)C)OC(=O)CCCCCCCCCCCCCCCC(C)C. The molecule has 0 aromatic heterocycles. The second-order valence-electron chi connectivity index (χ2n) is 24.8. The molecule has 0 rings (SSSR count). The molecule has 0 radical (unpaired) electrons. The van der Waals surface area contributed by atoms with Gasteiger partial charge in [0.25, 0.3) is 0 Å². The van der Waals surface area contributed by atoms with E-state index in [2.05, 4.69) is 41.5 Å². The molecule has 5 atom stereocenters. The van der Waals surface area contributed by atoms with E-state index in [0.717, 1.165) is 102 Å². The van der Waals surface area contributed by atoms with Crippen LogP contribution >= 0.6 is 15.6 Å². The predicted molar refractivity (Wildman–Crippen MR) is 340 cm³/mol. The zero-order valence-electron chi connectivity index (χ0n) is 54.9. The Morgan fingerprint density at radius 3 is 0.800 bits per heavy atom. The molecule has 0 aromatic carbocycles. The molecule has 85 heavy (non-hydrogen) atoms. The van der Waals surface area contributed by atoms with Gasteiger partial charge in [-0.15, -0.1) is 0 Å². The fourth-order valence-electron chi connectivity index (χ4n) is 9.88. The number of ether oxygens (including phenoxy) is 4.